The molecule has 0 aliphatic rings. The zero-order chi connectivity index (χ0) is 10.6. The fourth-order valence-electron chi connectivity index (χ4n) is 0.982. The summed E-state index contributed by atoms with van der Waals surface area (Å²) in [6, 6.07) is 0. The van der Waals surface area contributed by atoms with Crippen LogP contribution in [0.3, 0.4) is 0 Å². The third-order valence-electron chi connectivity index (χ3n) is 1.67. The Morgan fingerprint density at radius 1 is 1.57 bits per heavy atom. The molecule has 1 heterocycles. The fraction of sp³-hybridized carbons (Fsp3) is 0.375. The minimum absolute atomic E-state index is 0.473. The molecular formula is C8H11N3O3. The molecule has 2 atom stereocenters. The summed E-state index contributed by atoms with van der Waals surface area (Å²) >= 11 is 0. The van der Waals surface area contributed by atoms with Crippen LogP contribution in [0.2, 0.25) is 0 Å². The maximum atomic E-state index is 10.4. The second-order valence-corrected chi connectivity index (χ2v) is 2.76. The molecule has 0 fully saturated rings. The number of carbonyl (C=O) groups excluding carboxylic acids is 1. The number of aromatic nitrogens is 2. The van der Waals surface area contributed by atoms with Crippen LogP contribution in [-0.4, -0.2) is 27.3 Å². The fourth-order valence-corrected chi connectivity index (χ4v) is 0.982. The Bertz CT molecular complexity index is 304. The molecule has 0 spiro atoms. The summed E-state index contributed by atoms with van der Waals surface area (Å²) in [5.41, 5.74) is 5.28. The molecule has 14 heavy (non-hydrogen) atoms. The molecule has 6 heteroatoms. The van der Waals surface area contributed by atoms with Crippen molar-refractivity contribution < 1.29 is 14.6 Å². The first-order valence-electron chi connectivity index (χ1n) is 4.00. The first-order valence-corrected chi connectivity index (χ1v) is 4.00. The van der Waals surface area contributed by atoms with Crippen molar-refractivity contribution in [2.24, 2.45) is 5.73 Å². The van der Waals surface area contributed by atoms with Crippen LogP contribution in [0.1, 0.15) is 18.6 Å². The predicted octanol–water partition coefficient (Wildman–Crippen LogP) is -0.00620. The van der Waals surface area contributed by atoms with Gasteiger partial charge in [0.05, 0.1) is 0 Å². The van der Waals surface area contributed by atoms with Crippen LogP contribution in [0.5, 0.6) is 0 Å². The topological polar surface area (TPSA) is 98.3 Å². The largest absolute Gasteiger partial charge is 0.444 e. The highest BCUT2D eigenvalue weighted by Crippen LogP contribution is 2.16. The smallest absolute Gasteiger partial charge is 0.404 e. The first kappa shape index (κ1) is 10.4. The van der Waals surface area contributed by atoms with Crippen LogP contribution in [0.15, 0.2) is 18.7 Å². The number of aliphatic hydroxyl groups excluding tert-OH is 1. The van der Waals surface area contributed by atoms with Gasteiger partial charge in [0.15, 0.2) is 0 Å². The van der Waals surface area contributed by atoms with E-state index in [0.717, 1.165) is 0 Å². The van der Waals surface area contributed by atoms with Crippen LogP contribution in [0, 0.1) is 0 Å². The molecule has 0 aliphatic heterocycles. The van der Waals surface area contributed by atoms with E-state index in [1.54, 1.807) is 0 Å². The number of primary amides is 1. The molecule has 1 rings (SSSR count). The highest BCUT2D eigenvalue weighted by molar-refractivity contribution is 5.64. The van der Waals surface area contributed by atoms with Gasteiger partial charge in [-0.05, 0) is 6.92 Å². The lowest BCUT2D eigenvalue weighted by molar-refractivity contribution is 0.0154. The van der Waals surface area contributed by atoms with E-state index in [0.29, 0.717) is 5.56 Å². The molecule has 0 saturated heterocycles. The van der Waals surface area contributed by atoms with Gasteiger partial charge in [-0.15, -0.1) is 0 Å². The second-order valence-electron chi connectivity index (χ2n) is 2.76. The monoisotopic (exact) mass is 197 g/mol. The lowest BCUT2D eigenvalue weighted by atomic mass is 10.1. The van der Waals surface area contributed by atoms with Crippen LogP contribution in [0.25, 0.3) is 0 Å². The predicted molar refractivity (Wildman–Crippen MR) is 47.1 cm³/mol. The number of hydrogen-bond acceptors (Lipinski definition) is 5. The molecular weight excluding hydrogens is 186 g/mol. The van der Waals surface area contributed by atoms with Gasteiger partial charge in [0.25, 0.3) is 0 Å². The summed E-state index contributed by atoms with van der Waals surface area (Å²) in [6.07, 6.45) is 1.61. The van der Waals surface area contributed by atoms with E-state index in [2.05, 4.69) is 14.7 Å². The van der Waals surface area contributed by atoms with E-state index in [1.807, 2.05) is 0 Å². The number of hydrogen-bond donors (Lipinski definition) is 2. The number of nitrogens with two attached hydrogens (primary N) is 1. The van der Waals surface area contributed by atoms with Crippen molar-refractivity contribution >= 4 is 6.09 Å². The Balaban J connectivity index is 2.65. The Labute approximate surface area is 80.7 Å². The molecule has 1 aromatic heterocycles. The maximum Gasteiger partial charge on any atom is 0.404 e. The van der Waals surface area contributed by atoms with Gasteiger partial charge in [0, 0.05) is 18.0 Å². The van der Waals surface area contributed by atoms with Crippen molar-refractivity contribution in [2.75, 3.05) is 0 Å². The van der Waals surface area contributed by atoms with Crippen LogP contribution >= 0.6 is 0 Å². The average molecular weight is 197 g/mol. The van der Waals surface area contributed by atoms with Crippen molar-refractivity contribution in [1.82, 2.24) is 9.97 Å². The Hall–Kier alpha value is -1.69. The summed E-state index contributed by atoms with van der Waals surface area (Å²) < 4.78 is 4.60. The number of ether oxygens (including phenoxy) is 1. The zero-order valence-corrected chi connectivity index (χ0v) is 7.62. The summed E-state index contributed by atoms with van der Waals surface area (Å²) in [7, 11) is 0. The van der Waals surface area contributed by atoms with Crippen LogP contribution in [0.4, 0.5) is 4.79 Å². The molecule has 0 saturated carbocycles. The normalized spacial score (nSPS) is 14.4. The van der Waals surface area contributed by atoms with Crippen molar-refractivity contribution in [3.63, 3.8) is 0 Å². The molecule has 0 aliphatic carbocycles. The van der Waals surface area contributed by atoms with Gasteiger partial charge in [-0.25, -0.2) is 14.8 Å². The third-order valence-corrected chi connectivity index (χ3v) is 1.67. The number of rotatable bonds is 3. The molecule has 0 aromatic carbocycles. The van der Waals surface area contributed by atoms with Gasteiger partial charge in [0.2, 0.25) is 0 Å². The van der Waals surface area contributed by atoms with Crippen LogP contribution < -0.4 is 5.73 Å². The SMILES string of the molecule is CC(OC(N)=O)C(O)c1cncnc1. The van der Waals surface area contributed by atoms with Gasteiger partial charge < -0.3 is 15.6 Å². The molecule has 3 N–H and O–H groups in total. The highest BCUT2D eigenvalue weighted by atomic mass is 16.6. The summed E-state index contributed by atoms with van der Waals surface area (Å²) in [5, 5.41) is 9.63. The highest BCUT2D eigenvalue weighted by Gasteiger charge is 2.19. The quantitative estimate of drug-likeness (QED) is 0.710. The molecule has 76 valence electrons. The summed E-state index contributed by atoms with van der Waals surface area (Å²) in [6.45, 7) is 1.53. The molecule has 1 amide bonds. The number of carbonyl (C=O) groups is 1. The van der Waals surface area contributed by atoms with E-state index in [9.17, 15) is 9.90 Å². The minimum Gasteiger partial charge on any atom is -0.444 e. The minimum atomic E-state index is -0.969. The molecule has 0 bridgehead atoms. The van der Waals surface area contributed by atoms with Crippen molar-refractivity contribution in [2.45, 2.75) is 19.1 Å². The van der Waals surface area contributed by atoms with Gasteiger partial charge in [0.1, 0.15) is 18.5 Å². The van der Waals surface area contributed by atoms with Crippen molar-refractivity contribution in [1.29, 1.82) is 0 Å². The van der Waals surface area contributed by atoms with Gasteiger partial charge in [-0.3, -0.25) is 0 Å². The van der Waals surface area contributed by atoms with Crippen LogP contribution in [-0.2, 0) is 4.74 Å². The average Bonchev–Trinajstić information content (AvgIpc) is 2.17. The molecule has 1 aromatic rings. The van der Waals surface area contributed by atoms with E-state index in [4.69, 9.17) is 5.73 Å². The first-order chi connectivity index (χ1) is 6.61. The maximum absolute atomic E-state index is 10.4. The standard InChI is InChI=1S/C8H11N3O3/c1-5(14-8(9)13)7(12)6-2-10-4-11-3-6/h2-5,7,12H,1H3,(H2,9,13). The number of amides is 1. The Morgan fingerprint density at radius 2 is 2.14 bits per heavy atom. The van der Waals surface area contributed by atoms with E-state index >= 15 is 0 Å². The molecule has 6 nitrogen and oxygen atoms in total. The van der Waals surface area contributed by atoms with Gasteiger partial charge in [-0.2, -0.15) is 0 Å². The van der Waals surface area contributed by atoms with Gasteiger partial charge in [-0.1, -0.05) is 0 Å². The van der Waals surface area contributed by atoms with E-state index in [-0.39, 0.29) is 0 Å². The molecule has 2 unspecified atom stereocenters. The molecule has 0 radical (unpaired) electrons. The summed E-state index contributed by atoms with van der Waals surface area (Å²) in [4.78, 5) is 17.9. The lowest BCUT2D eigenvalue weighted by Crippen LogP contribution is -2.25. The third kappa shape index (κ3) is 2.67. The van der Waals surface area contributed by atoms with E-state index < -0.39 is 18.3 Å². The van der Waals surface area contributed by atoms with E-state index in [1.165, 1.54) is 25.6 Å². The van der Waals surface area contributed by atoms with Crippen molar-refractivity contribution in [3.05, 3.63) is 24.3 Å². The Morgan fingerprint density at radius 3 is 2.64 bits per heavy atom. The van der Waals surface area contributed by atoms with Crippen molar-refractivity contribution in [3.8, 4) is 0 Å². The number of nitrogens with zero attached hydrogens (tertiary/aromatic N) is 2. The lowest BCUT2D eigenvalue weighted by Gasteiger charge is -2.17. The zero-order valence-electron chi connectivity index (χ0n) is 7.62. The number of aliphatic hydroxyl groups is 1. The Kier molecular flexibility index (Phi) is 3.35. The van der Waals surface area contributed by atoms with Gasteiger partial charge >= 0.3 is 6.09 Å². The summed E-state index contributed by atoms with van der Waals surface area (Å²) in [5.74, 6) is 0. The second kappa shape index (κ2) is 4.52.